The highest BCUT2D eigenvalue weighted by Crippen LogP contribution is 2.19. The summed E-state index contributed by atoms with van der Waals surface area (Å²) in [6.07, 6.45) is -0.0387. The molecule has 0 fully saturated rings. The Morgan fingerprint density at radius 1 is 1.46 bits per heavy atom. The maximum Gasteiger partial charge on any atom is 0.187 e. The summed E-state index contributed by atoms with van der Waals surface area (Å²) in [4.78, 5) is 11.3. The topological polar surface area (TPSA) is 46.5 Å². The third kappa shape index (κ3) is 5.01. The maximum absolute atomic E-state index is 11.3. The Morgan fingerprint density at radius 2 is 2.00 bits per heavy atom. The molecule has 0 saturated carbocycles. The van der Waals surface area contributed by atoms with Crippen LogP contribution in [0.3, 0.4) is 0 Å². The van der Waals surface area contributed by atoms with Crippen molar-refractivity contribution in [2.24, 2.45) is 5.41 Å². The Balaban J connectivity index is 3.84. The summed E-state index contributed by atoms with van der Waals surface area (Å²) in [6.45, 7) is 8.06. The third-order valence-electron chi connectivity index (χ3n) is 1.72. The normalized spacial score (nSPS) is 14.2. The molecule has 0 aliphatic heterocycles. The second-order valence-corrected chi connectivity index (χ2v) is 4.29. The Hall–Kier alpha value is -0.410. The molecule has 3 nitrogen and oxygen atoms in total. The lowest BCUT2D eigenvalue weighted by Crippen LogP contribution is -2.36. The second kappa shape index (κ2) is 5.35. The Morgan fingerprint density at radius 3 is 2.38 bits per heavy atom. The zero-order valence-corrected chi connectivity index (χ0v) is 8.96. The summed E-state index contributed by atoms with van der Waals surface area (Å²) >= 11 is 0. The molecule has 0 saturated heterocycles. The molecular weight excluding hydrogens is 168 g/mol. The van der Waals surface area contributed by atoms with E-state index in [2.05, 4.69) is 0 Å². The fourth-order valence-corrected chi connectivity index (χ4v) is 0.879. The molecule has 0 aliphatic carbocycles. The zero-order chi connectivity index (χ0) is 10.5. The maximum atomic E-state index is 11.3. The quantitative estimate of drug-likeness (QED) is 0.663. The van der Waals surface area contributed by atoms with Gasteiger partial charge >= 0.3 is 0 Å². The molecule has 0 radical (unpaired) electrons. The summed E-state index contributed by atoms with van der Waals surface area (Å²) in [6, 6.07) is 0. The number of ether oxygens (including phenoxy) is 1. The van der Waals surface area contributed by atoms with Crippen molar-refractivity contribution in [3.8, 4) is 0 Å². The lowest BCUT2D eigenvalue weighted by atomic mass is 9.87. The Labute approximate surface area is 80.1 Å². The minimum absolute atomic E-state index is 0.0201. The van der Waals surface area contributed by atoms with Crippen molar-refractivity contribution in [1.82, 2.24) is 0 Å². The average Bonchev–Trinajstić information content (AvgIpc) is 2.01. The third-order valence-corrected chi connectivity index (χ3v) is 1.72. The first-order valence-corrected chi connectivity index (χ1v) is 4.68. The first-order valence-electron chi connectivity index (χ1n) is 4.68. The lowest BCUT2D eigenvalue weighted by molar-refractivity contribution is -0.137. The van der Waals surface area contributed by atoms with E-state index in [1.165, 1.54) is 0 Å². The molecule has 0 aliphatic rings. The number of carbonyl (C=O) groups is 1. The number of ketones is 1. The fraction of sp³-hybridized carbons (Fsp3) is 0.900. The van der Waals surface area contributed by atoms with Crippen LogP contribution >= 0.6 is 0 Å². The van der Waals surface area contributed by atoms with Gasteiger partial charge in [-0.15, -0.1) is 0 Å². The number of aliphatic hydroxyl groups is 1. The summed E-state index contributed by atoms with van der Waals surface area (Å²) in [5.41, 5.74) is -0.396. The van der Waals surface area contributed by atoms with Gasteiger partial charge in [-0.25, -0.2) is 0 Å². The molecule has 0 rings (SSSR count). The molecule has 3 heteroatoms. The van der Waals surface area contributed by atoms with Crippen LogP contribution in [0.25, 0.3) is 0 Å². The van der Waals surface area contributed by atoms with Gasteiger partial charge in [-0.05, 0) is 11.8 Å². The largest absolute Gasteiger partial charge is 0.385 e. The molecule has 1 atom stereocenters. The van der Waals surface area contributed by atoms with E-state index in [0.717, 1.165) is 6.42 Å². The van der Waals surface area contributed by atoms with Crippen LogP contribution < -0.4 is 0 Å². The molecule has 0 bridgehead atoms. The number of hydrogen-bond donors (Lipinski definition) is 1. The summed E-state index contributed by atoms with van der Waals surface area (Å²) in [5, 5.41) is 9.52. The predicted molar refractivity (Wildman–Crippen MR) is 51.6 cm³/mol. The van der Waals surface area contributed by atoms with Gasteiger partial charge < -0.3 is 9.84 Å². The molecular formula is C10H20O3. The van der Waals surface area contributed by atoms with E-state index in [1.807, 2.05) is 27.7 Å². The van der Waals surface area contributed by atoms with Crippen molar-refractivity contribution >= 4 is 5.78 Å². The smallest absolute Gasteiger partial charge is 0.187 e. The van der Waals surface area contributed by atoms with E-state index < -0.39 is 11.5 Å². The molecule has 0 aromatic heterocycles. The fourth-order valence-electron chi connectivity index (χ4n) is 0.879. The summed E-state index contributed by atoms with van der Waals surface area (Å²) in [7, 11) is 0. The van der Waals surface area contributed by atoms with Gasteiger partial charge in [-0.3, -0.25) is 4.79 Å². The SMILES string of the molecule is CCCOCC(=O)C(O)C(C)(C)C. The van der Waals surface area contributed by atoms with Crippen molar-refractivity contribution in [3.63, 3.8) is 0 Å². The molecule has 0 amide bonds. The lowest BCUT2D eigenvalue weighted by Gasteiger charge is -2.24. The molecule has 0 spiro atoms. The zero-order valence-electron chi connectivity index (χ0n) is 8.96. The van der Waals surface area contributed by atoms with Crippen LogP contribution in [0.5, 0.6) is 0 Å². The highest BCUT2D eigenvalue weighted by Gasteiger charge is 2.28. The molecule has 0 aromatic carbocycles. The van der Waals surface area contributed by atoms with Gasteiger partial charge in [0.05, 0.1) is 0 Å². The highest BCUT2D eigenvalue weighted by molar-refractivity contribution is 5.84. The van der Waals surface area contributed by atoms with Crippen LogP contribution in [0.2, 0.25) is 0 Å². The van der Waals surface area contributed by atoms with Gasteiger partial charge in [0.25, 0.3) is 0 Å². The van der Waals surface area contributed by atoms with Crippen molar-refractivity contribution in [2.45, 2.75) is 40.2 Å². The van der Waals surface area contributed by atoms with E-state index in [4.69, 9.17) is 4.74 Å². The monoisotopic (exact) mass is 188 g/mol. The number of Topliss-reactive ketones (excluding diaryl/α,β-unsaturated/α-hetero) is 1. The van der Waals surface area contributed by atoms with E-state index in [0.29, 0.717) is 6.61 Å². The predicted octanol–water partition coefficient (Wildman–Crippen LogP) is 1.39. The van der Waals surface area contributed by atoms with Crippen LogP contribution in [0.15, 0.2) is 0 Å². The number of aliphatic hydroxyl groups excluding tert-OH is 1. The van der Waals surface area contributed by atoms with Crippen molar-refractivity contribution < 1.29 is 14.6 Å². The molecule has 0 heterocycles. The number of hydrogen-bond acceptors (Lipinski definition) is 3. The second-order valence-electron chi connectivity index (χ2n) is 4.29. The van der Waals surface area contributed by atoms with Gasteiger partial charge in [0.15, 0.2) is 5.78 Å². The van der Waals surface area contributed by atoms with E-state index in [9.17, 15) is 9.90 Å². The minimum atomic E-state index is -0.927. The van der Waals surface area contributed by atoms with Crippen molar-refractivity contribution in [1.29, 1.82) is 0 Å². The number of rotatable bonds is 5. The first-order chi connectivity index (χ1) is 5.89. The van der Waals surface area contributed by atoms with E-state index >= 15 is 0 Å². The highest BCUT2D eigenvalue weighted by atomic mass is 16.5. The summed E-state index contributed by atoms with van der Waals surface area (Å²) in [5.74, 6) is -0.235. The molecule has 78 valence electrons. The van der Waals surface area contributed by atoms with Gasteiger partial charge in [0, 0.05) is 6.61 Å². The van der Waals surface area contributed by atoms with Gasteiger partial charge in [-0.2, -0.15) is 0 Å². The molecule has 1 unspecified atom stereocenters. The van der Waals surface area contributed by atoms with Gasteiger partial charge in [0.2, 0.25) is 0 Å². The van der Waals surface area contributed by atoms with Crippen LogP contribution in [0.4, 0.5) is 0 Å². The molecule has 13 heavy (non-hydrogen) atoms. The van der Waals surface area contributed by atoms with Gasteiger partial charge in [-0.1, -0.05) is 27.7 Å². The van der Waals surface area contributed by atoms with Crippen LogP contribution in [0.1, 0.15) is 34.1 Å². The van der Waals surface area contributed by atoms with Crippen molar-refractivity contribution in [3.05, 3.63) is 0 Å². The van der Waals surface area contributed by atoms with Crippen molar-refractivity contribution in [2.75, 3.05) is 13.2 Å². The van der Waals surface area contributed by atoms with Crippen LogP contribution in [0, 0.1) is 5.41 Å². The Kier molecular flexibility index (Phi) is 5.18. The Bertz CT molecular complexity index is 158. The van der Waals surface area contributed by atoms with Gasteiger partial charge in [0.1, 0.15) is 12.7 Å². The molecule has 1 N–H and O–H groups in total. The van der Waals surface area contributed by atoms with E-state index in [1.54, 1.807) is 0 Å². The average molecular weight is 188 g/mol. The first kappa shape index (κ1) is 12.6. The van der Waals surface area contributed by atoms with E-state index in [-0.39, 0.29) is 12.4 Å². The minimum Gasteiger partial charge on any atom is -0.385 e. The van der Waals surface area contributed by atoms with Crippen LogP contribution in [-0.2, 0) is 9.53 Å². The number of carbonyl (C=O) groups excluding carboxylic acids is 1. The standard InChI is InChI=1S/C10H20O3/c1-5-6-13-7-8(11)9(12)10(2,3)4/h9,12H,5-7H2,1-4H3. The molecule has 0 aromatic rings. The van der Waals surface area contributed by atoms with Crippen LogP contribution in [-0.4, -0.2) is 30.2 Å². The summed E-state index contributed by atoms with van der Waals surface area (Å²) < 4.78 is 5.05.